The summed E-state index contributed by atoms with van der Waals surface area (Å²) in [7, 11) is 0. The molecule has 0 spiro atoms. The van der Waals surface area contributed by atoms with E-state index in [1.54, 1.807) is 6.07 Å². The third kappa shape index (κ3) is 2.06. The lowest BCUT2D eigenvalue weighted by atomic mass is 10.4. The van der Waals surface area contributed by atoms with Gasteiger partial charge in [-0.3, -0.25) is 5.10 Å². The third-order valence-electron chi connectivity index (χ3n) is 1.40. The van der Waals surface area contributed by atoms with Gasteiger partial charge in [0, 0.05) is 4.90 Å². The standard InChI is InChI=1S/C8H6FN3S/c9-6-2-1-3-7(4-6)13-8-10-5-11-12-8/h1-5H,(H,10,11,12). The van der Waals surface area contributed by atoms with E-state index < -0.39 is 0 Å². The van der Waals surface area contributed by atoms with E-state index in [0.29, 0.717) is 5.16 Å². The van der Waals surface area contributed by atoms with Crippen LogP contribution in [0.3, 0.4) is 0 Å². The molecule has 1 N–H and O–H groups in total. The number of rotatable bonds is 2. The minimum atomic E-state index is -0.246. The summed E-state index contributed by atoms with van der Waals surface area (Å²) in [5, 5.41) is 7.03. The van der Waals surface area contributed by atoms with Gasteiger partial charge in [0.1, 0.15) is 12.1 Å². The fourth-order valence-electron chi connectivity index (χ4n) is 0.886. The lowest BCUT2D eigenvalue weighted by Crippen LogP contribution is -1.78. The van der Waals surface area contributed by atoms with E-state index in [4.69, 9.17) is 0 Å². The summed E-state index contributed by atoms with van der Waals surface area (Å²) in [6.07, 6.45) is 1.42. The Morgan fingerprint density at radius 3 is 3.00 bits per heavy atom. The second-order valence-electron chi connectivity index (χ2n) is 2.35. The molecule has 0 fully saturated rings. The highest BCUT2D eigenvalue weighted by Crippen LogP contribution is 2.23. The van der Waals surface area contributed by atoms with Crippen molar-refractivity contribution in [2.45, 2.75) is 10.1 Å². The average molecular weight is 195 g/mol. The molecule has 0 unspecified atom stereocenters. The first-order valence-electron chi connectivity index (χ1n) is 3.63. The van der Waals surface area contributed by atoms with Crippen LogP contribution >= 0.6 is 11.8 Å². The molecule has 1 heterocycles. The molecular formula is C8H6FN3S. The van der Waals surface area contributed by atoms with E-state index >= 15 is 0 Å². The molecule has 1 aromatic heterocycles. The lowest BCUT2D eigenvalue weighted by Gasteiger charge is -1.95. The largest absolute Gasteiger partial charge is 0.254 e. The molecule has 0 amide bonds. The van der Waals surface area contributed by atoms with Crippen molar-refractivity contribution in [3.8, 4) is 0 Å². The summed E-state index contributed by atoms with van der Waals surface area (Å²) in [4.78, 5) is 4.72. The van der Waals surface area contributed by atoms with Crippen molar-refractivity contribution in [3.05, 3.63) is 36.4 Å². The third-order valence-corrected chi connectivity index (χ3v) is 2.28. The summed E-state index contributed by atoms with van der Waals surface area (Å²) in [6, 6.07) is 6.34. The summed E-state index contributed by atoms with van der Waals surface area (Å²) in [6.45, 7) is 0. The van der Waals surface area contributed by atoms with Crippen molar-refractivity contribution in [1.82, 2.24) is 15.2 Å². The van der Waals surface area contributed by atoms with Crippen molar-refractivity contribution in [3.63, 3.8) is 0 Å². The zero-order valence-corrected chi connectivity index (χ0v) is 7.38. The average Bonchev–Trinajstić information content (AvgIpc) is 2.57. The Balaban J connectivity index is 2.19. The van der Waals surface area contributed by atoms with Crippen molar-refractivity contribution in [1.29, 1.82) is 0 Å². The van der Waals surface area contributed by atoms with Gasteiger partial charge in [0.25, 0.3) is 0 Å². The zero-order chi connectivity index (χ0) is 9.10. The number of hydrogen-bond donors (Lipinski definition) is 1. The van der Waals surface area contributed by atoms with Crippen molar-refractivity contribution < 1.29 is 4.39 Å². The molecule has 1 aromatic carbocycles. The highest BCUT2D eigenvalue weighted by atomic mass is 32.2. The SMILES string of the molecule is Fc1cccc(Sc2ncn[nH]2)c1. The summed E-state index contributed by atoms with van der Waals surface area (Å²) in [5.41, 5.74) is 0. The maximum absolute atomic E-state index is 12.7. The number of H-pyrrole nitrogens is 1. The summed E-state index contributed by atoms with van der Waals surface area (Å²) >= 11 is 1.34. The van der Waals surface area contributed by atoms with Gasteiger partial charge >= 0.3 is 0 Å². The molecule has 0 aliphatic carbocycles. The molecule has 13 heavy (non-hydrogen) atoms. The van der Waals surface area contributed by atoms with Gasteiger partial charge < -0.3 is 0 Å². The molecule has 0 aliphatic rings. The summed E-state index contributed by atoms with van der Waals surface area (Å²) < 4.78 is 12.7. The highest BCUT2D eigenvalue weighted by molar-refractivity contribution is 7.99. The molecule has 3 nitrogen and oxygen atoms in total. The highest BCUT2D eigenvalue weighted by Gasteiger charge is 1.99. The molecule has 0 saturated carbocycles. The van der Waals surface area contributed by atoms with Gasteiger partial charge in [-0.15, -0.1) is 0 Å². The second kappa shape index (κ2) is 3.57. The molecule has 0 radical (unpaired) electrons. The zero-order valence-electron chi connectivity index (χ0n) is 6.57. The van der Waals surface area contributed by atoms with E-state index in [1.165, 1.54) is 30.2 Å². The topological polar surface area (TPSA) is 41.6 Å². The van der Waals surface area contributed by atoms with Crippen molar-refractivity contribution in [2.75, 3.05) is 0 Å². The maximum Gasteiger partial charge on any atom is 0.188 e. The Labute approximate surface area is 78.4 Å². The molecule has 2 rings (SSSR count). The first kappa shape index (κ1) is 8.25. The van der Waals surface area contributed by atoms with Gasteiger partial charge in [-0.2, -0.15) is 5.10 Å². The smallest absolute Gasteiger partial charge is 0.188 e. The number of nitrogens with zero attached hydrogens (tertiary/aromatic N) is 2. The lowest BCUT2D eigenvalue weighted by molar-refractivity contribution is 0.624. The van der Waals surface area contributed by atoms with E-state index in [9.17, 15) is 4.39 Å². The molecular weight excluding hydrogens is 189 g/mol. The van der Waals surface area contributed by atoms with Crippen LogP contribution in [0.5, 0.6) is 0 Å². The Morgan fingerprint density at radius 2 is 2.31 bits per heavy atom. The van der Waals surface area contributed by atoms with Crippen LogP contribution in [-0.4, -0.2) is 15.2 Å². The number of aromatic nitrogens is 3. The van der Waals surface area contributed by atoms with Crippen LogP contribution in [-0.2, 0) is 0 Å². The minimum Gasteiger partial charge on any atom is -0.254 e. The number of halogens is 1. The van der Waals surface area contributed by atoms with Crippen LogP contribution in [0.4, 0.5) is 4.39 Å². The van der Waals surface area contributed by atoms with Gasteiger partial charge in [0.05, 0.1) is 0 Å². The van der Waals surface area contributed by atoms with Crippen LogP contribution in [0.15, 0.2) is 40.6 Å². The predicted octanol–water partition coefficient (Wildman–Crippen LogP) is 2.09. The fourth-order valence-corrected chi connectivity index (χ4v) is 1.63. The first-order chi connectivity index (χ1) is 6.34. The Bertz CT molecular complexity index is 388. The number of nitrogens with one attached hydrogen (secondary N) is 1. The molecule has 0 bridgehead atoms. The predicted molar refractivity (Wildman–Crippen MR) is 46.9 cm³/mol. The van der Waals surface area contributed by atoms with E-state index in [1.807, 2.05) is 6.07 Å². The second-order valence-corrected chi connectivity index (χ2v) is 3.41. The van der Waals surface area contributed by atoms with Gasteiger partial charge in [-0.1, -0.05) is 17.8 Å². The fraction of sp³-hybridized carbons (Fsp3) is 0. The Morgan fingerprint density at radius 1 is 1.38 bits per heavy atom. The first-order valence-corrected chi connectivity index (χ1v) is 4.45. The van der Waals surface area contributed by atoms with Gasteiger partial charge in [0.2, 0.25) is 0 Å². The molecule has 5 heteroatoms. The van der Waals surface area contributed by atoms with Crippen molar-refractivity contribution >= 4 is 11.8 Å². The number of hydrogen-bond acceptors (Lipinski definition) is 3. The monoisotopic (exact) mass is 195 g/mol. The maximum atomic E-state index is 12.7. The normalized spacial score (nSPS) is 10.2. The van der Waals surface area contributed by atoms with Gasteiger partial charge in [-0.05, 0) is 18.2 Å². The van der Waals surface area contributed by atoms with Crippen LogP contribution in [0, 0.1) is 5.82 Å². The molecule has 0 atom stereocenters. The minimum absolute atomic E-state index is 0.246. The molecule has 0 aliphatic heterocycles. The van der Waals surface area contributed by atoms with E-state index in [0.717, 1.165) is 4.90 Å². The van der Waals surface area contributed by atoms with Crippen LogP contribution in [0.1, 0.15) is 0 Å². The Hall–Kier alpha value is -1.36. The quantitative estimate of drug-likeness (QED) is 0.797. The van der Waals surface area contributed by atoms with Crippen LogP contribution < -0.4 is 0 Å². The molecule has 66 valence electrons. The van der Waals surface area contributed by atoms with Gasteiger partial charge in [0.15, 0.2) is 5.16 Å². The van der Waals surface area contributed by atoms with Crippen molar-refractivity contribution in [2.24, 2.45) is 0 Å². The number of aromatic amines is 1. The van der Waals surface area contributed by atoms with E-state index in [-0.39, 0.29) is 5.82 Å². The number of benzene rings is 1. The Kier molecular flexibility index (Phi) is 2.27. The van der Waals surface area contributed by atoms with Crippen LogP contribution in [0.25, 0.3) is 0 Å². The van der Waals surface area contributed by atoms with Crippen LogP contribution in [0.2, 0.25) is 0 Å². The molecule has 0 saturated heterocycles. The summed E-state index contributed by atoms with van der Waals surface area (Å²) in [5.74, 6) is -0.246. The van der Waals surface area contributed by atoms with Gasteiger partial charge in [-0.25, -0.2) is 9.37 Å². The molecule has 2 aromatic rings. The van der Waals surface area contributed by atoms with E-state index in [2.05, 4.69) is 15.2 Å².